The molecule has 1 unspecified atom stereocenters. The lowest BCUT2D eigenvalue weighted by Crippen LogP contribution is -2.28. The van der Waals surface area contributed by atoms with Crippen molar-refractivity contribution in [3.63, 3.8) is 0 Å². The second kappa shape index (κ2) is 5.50. The maximum atomic E-state index is 10.9. The van der Waals surface area contributed by atoms with Gasteiger partial charge in [-0.25, -0.2) is 0 Å². The van der Waals surface area contributed by atoms with Gasteiger partial charge >= 0.3 is 0 Å². The van der Waals surface area contributed by atoms with Crippen molar-refractivity contribution in [3.05, 3.63) is 0 Å². The SMILES string of the molecule is CSC(=NCC1CCC(=O)N1)NC#N. The number of hydrogen-bond acceptors (Lipinski definition) is 4. The lowest BCUT2D eigenvalue weighted by atomic mass is 10.2. The number of thioether (sulfide) groups is 1. The molecule has 1 saturated heterocycles. The molecule has 0 saturated carbocycles. The number of amidine groups is 1. The fraction of sp³-hybridized carbons (Fsp3) is 0.625. The van der Waals surface area contributed by atoms with E-state index in [1.54, 1.807) is 0 Å². The smallest absolute Gasteiger partial charge is 0.220 e. The number of carbonyl (C=O) groups excluding carboxylic acids is 1. The van der Waals surface area contributed by atoms with Crippen LogP contribution in [0.4, 0.5) is 0 Å². The molecule has 0 aromatic carbocycles. The van der Waals surface area contributed by atoms with E-state index in [1.807, 2.05) is 12.4 Å². The van der Waals surface area contributed by atoms with Gasteiger partial charge in [-0.2, -0.15) is 5.26 Å². The van der Waals surface area contributed by atoms with E-state index >= 15 is 0 Å². The Morgan fingerprint density at radius 1 is 1.93 bits per heavy atom. The van der Waals surface area contributed by atoms with Crippen molar-refractivity contribution in [2.45, 2.75) is 18.9 Å². The Kier molecular flexibility index (Phi) is 4.26. The highest BCUT2D eigenvalue weighted by Crippen LogP contribution is 2.07. The molecule has 0 radical (unpaired) electrons. The summed E-state index contributed by atoms with van der Waals surface area (Å²) in [5, 5.41) is 14.3. The standard InChI is InChI=1S/C8H12N4OS/c1-14-8(11-5-9)10-4-6-2-3-7(13)12-6/h6H,2-4H2,1H3,(H,10,11)(H,12,13). The number of rotatable bonds is 2. The molecule has 1 fully saturated rings. The molecule has 6 heteroatoms. The predicted molar refractivity (Wildman–Crippen MR) is 55.7 cm³/mol. The van der Waals surface area contributed by atoms with Gasteiger partial charge in [-0.15, -0.1) is 0 Å². The van der Waals surface area contributed by atoms with Crippen LogP contribution >= 0.6 is 11.8 Å². The maximum absolute atomic E-state index is 10.9. The number of carbonyl (C=O) groups is 1. The normalized spacial score (nSPS) is 21.6. The van der Waals surface area contributed by atoms with Crippen molar-refractivity contribution in [2.75, 3.05) is 12.8 Å². The minimum absolute atomic E-state index is 0.0872. The maximum Gasteiger partial charge on any atom is 0.220 e. The first-order valence-electron chi connectivity index (χ1n) is 4.29. The molecular weight excluding hydrogens is 200 g/mol. The Morgan fingerprint density at radius 3 is 3.21 bits per heavy atom. The second-order valence-electron chi connectivity index (χ2n) is 2.89. The molecule has 1 atom stereocenters. The van der Waals surface area contributed by atoms with Gasteiger partial charge in [0.25, 0.3) is 0 Å². The average molecular weight is 212 g/mol. The van der Waals surface area contributed by atoms with Gasteiger partial charge in [-0.1, -0.05) is 11.8 Å². The summed E-state index contributed by atoms with van der Waals surface area (Å²) in [5.74, 6) is 0.0872. The number of nitrogens with one attached hydrogen (secondary N) is 2. The Labute approximate surface area is 87.0 Å². The lowest BCUT2D eigenvalue weighted by Gasteiger charge is -2.06. The first kappa shape index (κ1) is 10.9. The summed E-state index contributed by atoms with van der Waals surface area (Å²) >= 11 is 1.38. The van der Waals surface area contributed by atoms with Crippen LogP contribution in [-0.2, 0) is 4.79 Å². The van der Waals surface area contributed by atoms with Crippen LogP contribution in [0.25, 0.3) is 0 Å². The Bertz CT molecular complexity index is 284. The molecule has 76 valence electrons. The molecular formula is C8H12N4OS. The largest absolute Gasteiger partial charge is 0.351 e. The zero-order chi connectivity index (χ0) is 10.4. The van der Waals surface area contributed by atoms with E-state index in [-0.39, 0.29) is 11.9 Å². The summed E-state index contributed by atoms with van der Waals surface area (Å²) in [6, 6.07) is 0.130. The molecule has 0 aromatic rings. The van der Waals surface area contributed by atoms with Crippen molar-refractivity contribution in [3.8, 4) is 6.19 Å². The Hall–Kier alpha value is -1.22. The van der Waals surface area contributed by atoms with Crippen LogP contribution < -0.4 is 10.6 Å². The topological polar surface area (TPSA) is 77.3 Å². The molecule has 5 nitrogen and oxygen atoms in total. The minimum atomic E-state index is 0.0872. The van der Waals surface area contributed by atoms with E-state index in [0.717, 1.165) is 6.42 Å². The number of nitrogens with zero attached hydrogens (tertiary/aromatic N) is 2. The highest BCUT2D eigenvalue weighted by atomic mass is 32.2. The lowest BCUT2D eigenvalue weighted by molar-refractivity contribution is -0.119. The molecule has 1 aliphatic rings. The second-order valence-corrected chi connectivity index (χ2v) is 3.68. The van der Waals surface area contributed by atoms with Crippen LogP contribution in [0.5, 0.6) is 0 Å². The molecule has 1 amide bonds. The molecule has 2 N–H and O–H groups in total. The fourth-order valence-corrected chi connectivity index (χ4v) is 1.56. The van der Waals surface area contributed by atoms with E-state index in [1.165, 1.54) is 11.8 Å². The highest BCUT2D eigenvalue weighted by Gasteiger charge is 2.19. The van der Waals surface area contributed by atoms with E-state index in [2.05, 4.69) is 15.6 Å². The summed E-state index contributed by atoms with van der Waals surface area (Å²) in [6.07, 6.45) is 5.07. The van der Waals surface area contributed by atoms with Crippen LogP contribution in [0.15, 0.2) is 4.99 Å². The fourth-order valence-electron chi connectivity index (χ4n) is 1.21. The van der Waals surface area contributed by atoms with Crippen LogP contribution in [0.2, 0.25) is 0 Å². The summed E-state index contributed by atoms with van der Waals surface area (Å²) in [5.41, 5.74) is 0. The molecule has 0 aliphatic carbocycles. The van der Waals surface area contributed by atoms with E-state index in [0.29, 0.717) is 18.1 Å². The average Bonchev–Trinajstić information content (AvgIpc) is 2.59. The Morgan fingerprint density at radius 2 is 2.71 bits per heavy atom. The first-order valence-corrected chi connectivity index (χ1v) is 5.51. The molecule has 0 spiro atoms. The third kappa shape index (κ3) is 3.26. The Balaban J connectivity index is 2.37. The third-order valence-electron chi connectivity index (χ3n) is 1.90. The molecule has 0 aromatic heterocycles. The van der Waals surface area contributed by atoms with Gasteiger partial charge in [-0.05, 0) is 12.7 Å². The molecule has 1 heterocycles. The van der Waals surface area contributed by atoms with E-state index in [9.17, 15) is 4.79 Å². The van der Waals surface area contributed by atoms with Gasteiger partial charge in [0.05, 0.1) is 6.54 Å². The molecule has 1 aliphatic heterocycles. The van der Waals surface area contributed by atoms with E-state index in [4.69, 9.17) is 5.26 Å². The predicted octanol–water partition coefficient (Wildman–Crippen LogP) is 0.0547. The van der Waals surface area contributed by atoms with Crippen molar-refractivity contribution < 1.29 is 4.79 Å². The van der Waals surface area contributed by atoms with Gasteiger partial charge in [0.15, 0.2) is 11.4 Å². The summed E-state index contributed by atoms with van der Waals surface area (Å²) in [4.78, 5) is 15.0. The molecule has 14 heavy (non-hydrogen) atoms. The quantitative estimate of drug-likeness (QED) is 0.293. The number of aliphatic imine (C=N–C) groups is 1. The summed E-state index contributed by atoms with van der Waals surface area (Å²) in [6.45, 7) is 0.538. The molecule has 1 rings (SSSR count). The zero-order valence-corrected chi connectivity index (χ0v) is 8.73. The van der Waals surface area contributed by atoms with Crippen molar-refractivity contribution in [1.82, 2.24) is 10.6 Å². The van der Waals surface area contributed by atoms with Crippen molar-refractivity contribution >= 4 is 22.8 Å². The van der Waals surface area contributed by atoms with Gasteiger partial charge in [0.2, 0.25) is 5.91 Å². The van der Waals surface area contributed by atoms with Gasteiger partial charge < -0.3 is 5.32 Å². The van der Waals surface area contributed by atoms with Crippen molar-refractivity contribution in [2.24, 2.45) is 4.99 Å². The van der Waals surface area contributed by atoms with Crippen molar-refractivity contribution in [1.29, 1.82) is 5.26 Å². The highest BCUT2D eigenvalue weighted by molar-refractivity contribution is 8.13. The number of hydrogen-bond donors (Lipinski definition) is 2. The van der Waals surface area contributed by atoms with Crippen LogP contribution in [0, 0.1) is 11.5 Å². The minimum Gasteiger partial charge on any atom is -0.351 e. The monoisotopic (exact) mass is 212 g/mol. The summed E-state index contributed by atoms with van der Waals surface area (Å²) < 4.78 is 0. The van der Waals surface area contributed by atoms with Crippen LogP contribution in [0.1, 0.15) is 12.8 Å². The van der Waals surface area contributed by atoms with Crippen LogP contribution in [-0.4, -0.2) is 29.9 Å². The van der Waals surface area contributed by atoms with Crippen LogP contribution in [0.3, 0.4) is 0 Å². The third-order valence-corrected chi connectivity index (χ3v) is 2.51. The summed E-state index contributed by atoms with van der Waals surface area (Å²) in [7, 11) is 0. The number of nitriles is 1. The van der Waals surface area contributed by atoms with Gasteiger partial charge in [-0.3, -0.25) is 15.1 Å². The number of amides is 1. The van der Waals surface area contributed by atoms with E-state index < -0.39 is 0 Å². The first-order chi connectivity index (χ1) is 6.76. The van der Waals surface area contributed by atoms with Gasteiger partial charge in [0, 0.05) is 12.5 Å². The van der Waals surface area contributed by atoms with Gasteiger partial charge in [0.1, 0.15) is 0 Å². The molecule has 0 bridgehead atoms. The zero-order valence-electron chi connectivity index (χ0n) is 7.91.